The summed E-state index contributed by atoms with van der Waals surface area (Å²) in [6, 6.07) is 24.9. The Kier molecular flexibility index (Phi) is 19.7. The lowest BCUT2D eigenvalue weighted by Gasteiger charge is -2.71. The van der Waals surface area contributed by atoms with E-state index in [1.54, 1.807) is 17.7 Å². The number of rotatable bonds is 10. The zero-order chi connectivity index (χ0) is 70.3. The second kappa shape index (κ2) is 26.1. The maximum absolute atomic E-state index is 14.2. The highest BCUT2D eigenvalue weighted by Crippen LogP contribution is 2.79. The van der Waals surface area contributed by atoms with Crippen molar-refractivity contribution in [1.82, 2.24) is 0 Å². The molecule has 10 aliphatic carbocycles. The molecule has 516 valence electrons. The number of fused-ring (bicyclic) bond motifs is 14. The van der Waals surface area contributed by atoms with E-state index < -0.39 is 23.9 Å². The molecule has 0 bridgehead atoms. The number of ether oxygens (including phenoxy) is 2. The summed E-state index contributed by atoms with van der Waals surface area (Å²) in [6.45, 7) is 38.6. The molecule has 12 nitrogen and oxygen atoms in total. The number of carboxylic acid groups (broad SMARTS) is 1. The lowest BCUT2D eigenvalue weighted by atomic mass is 9.33. The molecule has 0 amide bonds. The maximum atomic E-state index is 14.2. The van der Waals surface area contributed by atoms with Crippen LogP contribution in [0.2, 0.25) is 0 Å². The van der Waals surface area contributed by atoms with E-state index in [-0.39, 0.29) is 104 Å². The summed E-state index contributed by atoms with van der Waals surface area (Å²) in [5.41, 5.74) is 9.92. The first kappa shape index (κ1) is 72.5. The molecule has 0 aromatic heterocycles. The van der Waals surface area contributed by atoms with Crippen LogP contribution in [0, 0.1) is 108 Å². The van der Waals surface area contributed by atoms with Crippen molar-refractivity contribution in [3.05, 3.63) is 136 Å². The Morgan fingerprint density at radius 3 is 1.53 bits per heavy atom. The highest BCUT2D eigenvalue weighted by molar-refractivity contribution is 6.58. The average Bonchev–Trinajstić information content (AvgIpc) is 1.11. The summed E-state index contributed by atoms with van der Waals surface area (Å²) in [6.07, 6.45) is 20.2. The van der Waals surface area contributed by atoms with E-state index in [9.17, 15) is 29.1 Å². The highest BCUT2D eigenvalue weighted by atomic mass is 16.5. The highest BCUT2D eigenvalue weighted by Gasteiger charge is 2.73. The van der Waals surface area contributed by atoms with Crippen LogP contribution in [0.25, 0.3) is 5.57 Å². The van der Waals surface area contributed by atoms with Gasteiger partial charge in [0, 0.05) is 12.8 Å². The first-order valence-corrected chi connectivity index (χ1v) is 36.0. The largest absolute Gasteiger partial charge is 0.488 e. The summed E-state index contributed by atoms with van der Waals surface area (Å²) in [4.78, 5) is 81.3. The first-order valence-electron chi connectivity index (χ1n) is 36.0. The SMILES string of the molecule is CC(C)C1=C2[C@H]3CC[C@@H]4[C@@]5(C)CC=C(c6ccc(OC=O)cc6)C(C)(C)[C@@H]5CC[C@@]4(C)[C@]3(C)CC[C@@]2(C(=O)O)CC1=O.CC1=CC[C@]2(C)[C@H]3CC[C@@H]4C5=C(C(C)C)C(=O)C[C@]5(C(=O)OCc5ccccc5)CC[C@@]4(C)[C@]3(C)CC[C@H]2C1(C)C.Cc1ccc(B(O)O)cc1.O=C=O. The Bertz CT molecular complexity index is 3680. The van der Waals surface area contributed by atoms with Crippen LogP contribution in [0.1, 0.15) is 223 Å². The second-order valence-corrected chi connectivity index (χ2v) is 34.4. The van der Waals surface area contributed by atoms with Crippen LogP contribution < -0.4 is 10.2 Å². The molecular formula is C83H109BO12. The van der Waals surface area contributed by atoms with E-state index in [4.69, 9.17) is 29.1 Å². The number of Topliss-reactive ketones (excluding diaryl/α,β-unsaturated/α-hetero) is 2. The quantitative estimate of drug-likeness (QED) is 0.0752. The minimum atomic E-state index is -1.35. The molecule has 14 atom stereocenters. The Balaban J connectivity index is 0.000000176. The molecule has 0 saturated heterocycles. The number of esters is 1. The molecule has 10 aliphatic rings. The third kappa shape index (κ3) is 11.3. The fourth-order valence-electron chi connectivity index (χ4n) is 24.0. The number of hydrogen-bond donors (Lipinski definition) is 3. The van der Waals surface area contributed by atoms with Gasteiger partial charge in [-0.25, -0.2) is 0 Å². The predicted octanol–water partition coefficient (Wildman–Crippen LogP) is 16.6. The molecule has 6 saturated carbocycles. The van der Waals surface area contributed by atoms with Crippen LogP contribution in [0.15, 0.2) is 119 Å². The number of carbonyl (C=O) groups is 5. The monoisotopic (exact) mass is 1310 g/mol. The Morgan fingerprint density at radius 1 is 0.583 bits per heavy atom. The van der Waals surface area contributed by atoms with Crippen molar-refractivity contribution >= 4 is 54.3 Å². The number of aliphatic carboxylic acids is 1. The summed E-state index contributed by atoms with van der Waals surface area (Å²) < 4.78 is 11.1. The molecule has 3 aromatic carbocycles. The van der Waals surface area contributed by atoms with Crippen LogP contribution >= 0.6 is 0 Å². The van der Waals surface area contributed by atoms with Gasteiger partial charge in [-0.15, -0.1) is 0 Å². The topological polar surface area (TPSA) is 199 Å². The normalized spacial score (nSPS) is 36.4. The van der Waals surface area contributed by atoms with Crippen molar-refractivity contribution in [3.63, 3.8) is 0 Å². The number of allylic oxidation sites excluding steroid dienone is 6. The van der Waals surface area contributed by atoms with Crippen LogP contribution in [-0.4, -0.2) is 58.4 Å². The molecule has 13 heteroatoms. The number of hydrogen-bond acceptors (Lipinski definition) is 11. The van der Waals surface area contributed by atoms with Gasteiger partial charge in [0.15, 0.2) is 11.6 Å². The molecule has 0 aliphatic heterocycles. The molecule has 96 heavy (non-hydrogen) atoms. The van der Waals surface area contributed by atoms with Crippen molar-refractivity contribution in [1.29, 1.82) is 0 Å². The minimum Gasteiger partial charge on any atom is -0.481 e. The Morgan fingerprint density at radius 2 is 1.05 bits per heavy atom. The van der Waals surface area contributed by atoms with Gasteiger partial charge in [-0.2, -0.15) is 9.59 Å². The van der Waals surface area contributed by atoms with Crippen molar-refractivity contribution in [2.45, 2.75) is 220 Å². The van der Waals surface area contributed by atoms with E-state index >= 15 is 0 Å². The van der Waals surface area contributed by atoms with E-state index in [0.29, 0.717) is 54.2 Å². The lowest BCUT2D eigenvalue weighted by Crippen LogP contribution is -2.64. The summed E-state index contributed by atoms with van der Waals surface area (Å²) in [5.74, 6) is 2.87. The predicted molar refractivity (Wildman–Crippen MR) is 374 cm³/mol. The fraction of sp³-hybridized carbons (Fsp3) is 0.614. The van der Waals surface area contributed by atoms with E-state index in [1.165, 1.54) is 42.4 Å². The Labute approximate surface area is 572 Å². The molecule has 0 spiro atoms. The smallest absolute Gasteiger partial charge is 0.481 e. The second-order valence-electron chi connectivity index (χ2n) is 34.4. The average molecular weight is 1310 g/mol. The summed E-state index contributed by atoms with van der Waals surface area (Å²) >= 11 is 0. The molecule has 3 N–H and O–H groups in total. The van der Waals surface area contributed by atoms with Crippen molar-refractivity contribution in [3.8, 4) is 5.75 Å². The number of carboxylic acids is 1. The van der Waals surface area contributed by atoms with Gasteiger partial charge < -0.3 is 24.6 Å². The minimum absolute atomic E-state index is 0.0185. The van der Waals surface area contributed by atoms with Gasteiger partial charge >= 0.3 is 25.2 Å². The van der Waals surface area contributed by atoms with Gasteiger partial charge in [-0.05, 0) is 251 Å². The van der Waals surface area contributed by atoms with Gasteiger partial charge in [0.25, 0.3) is 6.47 Å². The maximum Gasteiger partial charge on any atom is 0.488 e. The van der Waals surface area contributed by atoms with Gasteiger partial charge in [-0.3, -0.25) is 24.0 Å². The third-order valence-corrected chi connectivity index (χ3v) is 29.2. The molecule has 0 unspecified atom stereocenters. The van der Waals surface area contributed by atoms with Gasteiger partial charge in [0.1, 0.15) is 12.4 Å². The molecule has 0 radical (unpaired) electrons. The van der Waals surface area contributed by atoms with Crippen molar-refractivity contribution < 1.29 is 58.2 Å². The summed E-state index contributed by atoms with van der Waals surface area (Å²) in [5, 5.41) is 27.9. The number of aryl methyl sites for hydroxylation is 1. The molecule has 0 heterocycles. The summed E-state index contributed by atoms with van der Waals surface area (Å²) in [7, 11) is -1.35. The van der Waals surface area contributed by atoms with Gasteiger partial charge in [-0.1, -0.05) is 187 Å². The zero-order valence-electron chi connectivity index (χ0n) is 60.5. The molecule has 3 aromatic rings. The Hall–Kier alpha value is -6.27. The fourth-order valence-corrected chi connectivity index (χ4v) is 24.0. The van der Waals surface area contributed by atoms with Crippen LogP contribution in [-0.2, 0) is 44.9 Å². The standard InChI is InChI=1S/C38H52O3.C37H48O5.C7H9BO2.CO2/c1-24(2)31-28(39)22-38(33(40)41-23-26-12-10-9-11-13-26)21-20-36(7)27(32(31)38)14-15-30-35(6)18-16-25(3)34(4,5)29(35)17-19-37(30,36)8;1-22(2)30-27(39)20-37(32(40)41)19-18-35(6)26(31(30)37)12-13-29-34(5)16-14-25(23-8-10-24(11-9-23)42-21-38)33(3,4)28(34)15-17-36(29,35)7;1-6-2-4-7(5-3-6)8(9)10;2-1-3/h9-13,16,24,27,29-30H,14-15,17-23H2,1-8H3;8-11,14,21-22,26,28-29H,12-13,15-20H2,1-7H3,(H,40,41);2-5,9-10H,1H3;/t27-,29+,30-,35+,36-,37-,38-;26-,28+,29-,34+,35-,36-,37-;;/m11../s1. The number of ketones is 2. The lowest BCUT2D eigenvalue weighted by molar-refractivity contribution is -0.202. The van der Waals surface area contributed by atoms with E-state index in [1.807, 2.05) is 61.5 Å². The van der Waals surface area contributed by atoms with Crippen molar-refractivity contribution in [2.24, 2.45) is 101 Å². The van der Waals surface area contributed by atoms with Gasteiger partial charge in [0.2, 0.25) is 0 Å². The first-order chi connectivity index (χ1) is 45.0. The van der Waals surface area contributed by atoms with Gasteiger partial charge in [0.05, 0.1) is 10.8 Å². The number of benzene rings is 3. The van der Waals surface area contributed by atoms with E-state index in [2.05, 4.69) is 128 Å². The molecule has 6 fully saturated rings. The van der Waals surface area contributed by atoms with E-state index in [0.717, 1.165) is 85.6 Å². The van der Waals surface area contributed by atoms with Crippen LogP contribution in [0.5, 0.6) is 5.75 Å². The third-order valence-electron chi connectivity index (χ3n) is 29.2. The van der Waals surface area contributed by atoms with Crippen LogP contribution in [0.3, 0.4) is 0 Å². The molecule has 13 rings (SSSR count). The zero-order valence-corrected chi connectivity index (χ0v) is 60.5. The number of carbonyl (C=O) groups excluding carboxylic acids is 6. The van der Waals surface area contributed by atoms with Crippen molar-refractivity contribution in [2.75, 3.05) is 0 Å². The van der Waals surface area contributed by atoms with Crippen LogP contribution in [0.4, 0.5) is 0 Å². The molecular weight excluding hydrogens is 1200 g/mol.